The molecule has 0 unspecified atom stereocenters. The molecular weight excluding hydrogens is 399 g/mol. The molecule has 0 aromatic heterocycles. The van der Waals surface area contributed by atoms with Crippen molar-refractivity contribution in [2.24, 2.45) is 11.7 Å². The van der Waals surface area contributed by atoms with Crippen LogP contribution in [0.1, 0.15) is 43.6 Å². The topological polar surface area (TPSA) is 92.4 Å². The third kappa shape index (κ3) is 6.14. The Labute approximate surface area is 174 Å². The molecule has 0 aliphatic heterocycles. The third-order valence-electron chi connectivity index (χ3n) is 4.88. The number of carbonyl (C=O) groups excluding carboxylic acids is 1. The highest BCUT2D eigenvalue weighted by molar-refractivity contribution is 6.42. The Hall–Kier alpha value is -2.24. The van der Waals surface area contributed by atoms with Crippen LogP contribution in [0.3, 0.4) is 0 Å². The van der Waals surface area contributed by atoms with Crippen molar-refractivity contribution in [2.75, 3.05) is 0 Å². The summed E-state index contributed by atoms with van der Waals surface area (Å²) in [5.41, 5.74) is 6.25. The Morgan fingerprint density at radius 2 is 1.93 bits per heavy atom. The second kappa shape index (κ2) is 10.3. The van der Waals surface area contributed by atoms with E-state index in [-0.39, 0.29) is 17.2 Å². The maximum absolute atomic E-state index is 12.9. The lowest BCUT2D eigenvalue weighted by Crippen LogP contribution is -2.29. The lowest BCUT2D eigenvalue weighted by atomic mass is 9.87. The van der Waals surface area contributed by atoms with Gasteiger partial charge in [-0.15, -0.1) is 0 Å². The van der Waals surface area contributed by atoms with Crippen LogP contribution in [0.15, 0.2) is 54.4 Å². The Balaban J connectivity index is 2.16. The fraction of sp³-hybridized carbons (Fsp3) is 0.333. The highest BCUT2D eigenvalue weighted by Crippen LogP contribution is 2.36. The number of nitrogens with two attached hydrogens (primary N) is 1. The zero-order chi connectivity index (χ0) is 20.7. The van der Waals surface area contributed by atoms with Crippen molar-refractivity contribution in [3.05, 3.63) is 70.0 Å². The van der Waals surface area contributed by atoms with Crippen molar-refractivity contribution in [2.45, 2.75) is 38.0 Å². The zero-order valence-corrected chi connectivity index (χ0v) is 17.0. The third-order valence-corrected chi connectivity index (χ3v) is 5.62. The maximum atomic E-state index is 12.9. The first-order chi connectivity index (χ1) is 13.3. The molecule has 0 spiro atoms. The summed E-state index contributed by atoms with van der Waals surface area (Å²) in [5.74, 6) is -1.29. The van der Waals surface area contributed by atoms with E-state index >= 15 is 0 Å². The highest BCUT2D eigenvalue weighted by Gasteiger charge is 2.27. The van der Waals surface area contributed by atoms with Crippen molar-refractivity contribution in [3.8, 4) is 0 Å². The number of nitrogens with one attached hydrogen (secondary N) is 1. The lowest BCUT2D eigenvalue weighted by molar-refractivity contribution is -0.132. The van der Waals surface area contributed by atoms with Crippen LogP contribution < -0.4 is 11.1 Å². The zero-order valence-electron chi connectivity index (χ0n) is 15.5. The van der Waals surface area contributed by atoms with Gasteiger partial charge in [0, 0.05) is 11.9 Å². The summed E-state index contributed by atoms with van der Waals surface area (Å²) >= 11 is 12.2. The number of aliphatic carboxylic acids is 1. The molecule has 4 N–H and O–H groups in total. The van der Waals surface area contributed by atoms with Gasteiger partial charge in [-0.1, -0.05) is 61.5 Å². The Morgan fingerprint density at radius 3 is 2.50 bits per heavy atom. The molecule has 0 saturated heterocycles. The molecule has 0 radical (unpaired) electrons. The van der Waals surface area contributed by atoms with Crippen molar-refractivity contribution >= 4 is 35.1 Å². The van der Waals surface area contributed by atoms with Crippen molar-refractivity contribution in [1.82, 2.24) is 5.32 Å². The van der Waals surface area contributed by atoms with E-state index in [1.807, 2.05) is 6.07 Å². The monoisotopic (exact) mass is 422 g/mol. The molecule has 1 saturated carbocycles. The average Bonchev–Trinajstić information content (AvgIpc) is 3.15. The molecule has 0 heterocycles. The minimum atomic E-state index is -1.16. The number of carbonyl (C=O) groups is 2. The Morgan fingerprint density at radius 1 is 1.25 bits per heavy atom. The van der Waals surface area contributed by atoms with Crippen molar-refractivity contribution in [3.63, 3.8) is 0 Å². The summed E-state index contributed by atoms with van der Waals surface area (Å²) < 4.78 is 0. The summed E-state index contributed by atoms with van der Waals surface area (Å²) in [4.78, 5) is 23.9. The van der Waals surface area contributed by atoms with E-state index in [0.29, 0.717) is 22.4 Å². The van der Waals surface area contributed by atoms with E-state index in [2.05, 4.69) is 11.9 Å². The van der Waals surface area contributed by atoms with Crippen LogP contribution in [0.25, 0.3) is 0 Å². The van der Waals surface area contributed by atoms with Crippen molar-refractivity contribution in [1.29, 1.82) is 0 Å². The number of carboxylic acids is 1. The molecule has 1 amide bonds. The molecule has 1 aliphatic carbocycles. The van der Waals surface area contributed by atoms with E-state index in [0.717, 1.165) is 24.6 Å². The molecule has 28 heavy (non-hydrogen) atoms. The molecule has 1 fully saturated rings. The fourth-order valence-corrected chi connectivity index (χ4v) is 3.69. The largest absolute Gasteiger partial charge is 0.478 e. The van der Waals surface area contributed by atoms with Crippen LogP contribution in [-0.2, 0) is 9.59 Å². The van der Waals surface area contributed by atoms with E-state index in [4.69, 9.17) is 34.0 Å². The van der Waals surface area contributed by atoms with E-state index in [9.17, 15) is 9.59 Å². The van der Waals surface area contributed by atoms with Gasteiger partial charge in [-0.3, -0.25) is 4.79 Å². The average molecular weight is 423 g/mol. The van der Waals surface area contributed by atoms with Crippen LogP contribution in [-0.4, -0.2) is 17.0 Å². The summed E-state index contributed by atoms with van der Waals surface area (Å²) in [5, 5.41) is 12.6. The standard InChI is InChI=1S/C21H24Cl2N2O3/c1-13(6-7-16(12-24)21(27)28)25-20(26)17(10-14-4-2-3-5-14)15-8-9-18(22)19(23)11-15/h6-9,11-12,14,17H,1-5,10,24H2,(H,25,26)(H,27,28)/b7-6-,16-12+/t17-/m1/s1. The van der Waals surface area contributed by atoms with E-state index < -0.39 is 11.9 Å². The quantitative estimate of drug-likeness (QED) is 0.415. The predicted molar refractivity (Wildman–Crippen MR) is 112 cm³/mol. The molecule has 2 rings (SSSR count). The number of rotatable bonds is 8. The van der Waals surface area contributed by atoms with Crippen LogP contribution in [0, 0.1) is 5.92 Å². The highest BCUT2D eigenvalue weighted by atomic mass is 35.5. The number of halogens is 2. The van der Waals surface area contributed by atoms with Gasteiger partial charge in [-0.25, -0.2) is 4.79 Å². The van der Waals surface area contributed by atoms with Gasteiger partial charge in [0.15, 0.2) is 0 Å². The van der Waals surface area contributed by atoms with Gasteiger partial charge in [0.05, 0.1) is 21.5 Å². The van der Waals surface area contributed by atoms with Gasteiger partial charge in [0.2, 0.25) is 5.91 Å². The normalized spacial score (nSPS) is 16.3. The summed E-state index contributed by atoms with van der Waals surface area (Å²) in [7, 11) is 0. The minimum Gasteiger partial charge on any atom is -0.478 e. The Kier molecular flexibility index (Phi) is 8.15. The predicted octanol–water partition coefficient (Wildman–Crippen LogP) is 4.77. The molecule has 1 aliphatic rings. The first-order valence-corrected chi connectivity index (χ1v) is 9.85. The number of hydrogen-bond donors (Lipinski definition) is 3. The van der Waals surface area contributed by atoms with Gasteiger partial charge in [-0.05, 0) is 42.2 Å². The number of carboxylic acid groups (broad SMARTS) is 1. The number of amides is 1. The smallest absolute Gasteiger partial charge is 0.337 e. The van der Waals surface area contributed by atoms with Gasteiger partial charge in [-0.2, -0.15) is 0 Å². The number of benzene rings is 1. The Bertz CT molecular complexity index is 812. The SMILES string of the molecule is C=C(/C=C\C(=C/N)C(=O)O)NC(=O)[C@H](CC1CCCC1)c1ccc(Cl)c(Cl)c1. The summed E-state index contributed by atoms with van der Waals surface area (Å²) in [6.07, 6.45) is 8.96. The van der Waals surface area contributed by atoms with Gasteiger partial charge in [0.25, 0.3) is 0 Å². The molecular formula is C21H24Cl2N2O3. The summed E-state index contributed by atoms with van der Waals surface area (Å²) in [6.45, 7) is 3.77. The molecule has 1 aromatic rings. The van der Waals surface area contributed by atoms with Crippen molar-refractivity contribution < 1.29 is 14.7 Å². The number of allylic oxidation sites excluding steroid dienone is 1. The first-order valence-electron chi connectivity index (χ1n) is 9.09. The van der Waals surface area contributed by atoms with E-state index in [1.54, 1.807) is 12.1 Å². The molecule has 150 valence electrons. The number of hydrogen-bond acceptors (Lipinski definition) is 3. The van der Waals surface area contributed by atoms with Crippen LogP contribution in [0.5, 0.6) is 0 Å². The maximum Gasteiger partial charge on any atom is 0.337 e. The van der Waals surface area contributed by atoms with Gasteiger partial charge in [0.1, 0.15) is 0 Å². The molecule has 1 aromatic carbocycles. The second-order valence-electron chi connectivity index (χ2n) is 6.89. The minimum absolute atomic E-state index is 0.0950. The fourth-order valence-electron chi connectivity index (χ4n) is 3.38. The first kappa shape index (κ1) is 22.1. The van der Waals surface area contributed by atoms with Gasteiger partial charge < -0.3 is 16.2 Å². The van der Waals surface area contributed by atoms with Crippen LogP contribution in [0.2, 0.25) is 10.0 Å². The van der Waals surface area contributed by atoms with E-state index in [1.165, 1.54) is 25.0 Å². The molecule has 5 nitrogen and oxygen atoms in total. The van der Waals surface area contributed by atoms with Gasteiger partial charge >= 0.3 is 5.97 Å². The van der Waals surface area contributed by atoms with Crippen LogP contribution in [0.4, 0.5) is 0 Å². The molecule has 1 atom stereocenters. The molecule has 0 bridgehead atoms. The lowest BCUT2D eigenvalue weighted by Gasteiger charge is -2.21. The molecule has 7 heteroatoms. The van der Waals surface area contributed by atoms with Crippen LogP contribution >= 0.6 is 23.2 Å². The summed E-state index contributed by atoms with van der Waals surface area (Å²) in [6, 6.07) is 5.22. The second-order valence-corrected chi connectivity index (χ2v) is 7.70.